The molecule has 0 aliphatic rings. The predicted molar refractivity (Wildman–Crippen MR) is 46.2 cm³/mol. The molecule has 0 radical (unpaired) electrons. The van der Waals surface area contributed by atoms with Crippen molar-refractivity contribution in [3.05, 3.63) is 0 Å². The first-order valence-electron chi connectivity index (χ1n) is 3.64. The summed E-state index contributed by atoms with van der Waals surface area (Å²) in [5, 5.41) is 8.46. The maximum atomic E-state index is 8.46. The van der Waals surface area contributed by atoms with E-state index in [0.717, 1.165) is 6.54 Å². The zero-order chi connectivity index (χ0) is 8.20. The average Bonchev–Trinajstić information content (AvgIpc) is 1.80. The van der Waals surface area contributed by atoms with E-state index in [0.29, 0.717) is 6.54 Å². The Hall–Kier alpha value is -0.333. The first-order valence-corrected chi connectivity index (χ1v) is 7.09. The molecule has 0 aromatic carbocycles. The third-order valence-electron chi connectivity index (χ3n) is 1.59. The highest BCUT2D eigenvalue weighted by molar-refractivity contribution is 6.73. The van der Waals surface area contributed by atoms with Gasteiger partial charge in [-0.05, 0) is 6.54 Å². The van der Waals surface area contributed by atoms with E-state index >= 15 is 0 Å². The number of rotatable bonds is 3. The molecular weight excluding hydrogens is 140 g/mol. The van der Waals surface area contributed by atoms with Crippen molar-refractivity contribution in [3.8, 4) is 6.07 Å². The second-order valence-corrected chi connectivity index (χ2v) is 8.32. The molecule has 3 heteroatoms. The Morgan fingerprint density at radius 2 is 1.90 bits per heavy atom. The molecule has 0 aliphatic heterocycles. The van der Waals surface area contributed by atoms with Crippen LogP contribution in [0.4, 0.5) is 0 Å². The first-order chi connectivity index (χ1) is 4.52. The Kier molecular flexibility index (Phi) is 3.62. The summed E-state index contributed by atoms with van der Waals surface area (Å²) in [5.74, 6) is 0. The van der Waals surface area contributed by atoms with Crippen LogP contribution in [0, 0.1) is 11.3 Å². The fraction of sp³-hybridized carbons (Fsp3) is 0.857. The van der Waals surface area contributed by atoms with Crippen LogP contribution in [0.15, 0.2) is 0 Å². The molecule has 10 heavy (non-hydrogen) atoms. The van der Waals surface area contributed by atoms with Crippen LogP contribution in [0.5, 0.6) is 0 Å². The minimum atomic E-state index is -1.20. The van der Waals surface area contributed by atoms with Crippen molar-refractivity contribution in [3.63, 3.8) is 0 Å². The van der Waals surface area contributed by atoms with Crippen LogP contribution in [-0.4, -0.2) is 25.9 Å². The molecule has 58 valence electrons. The molecular formula is C7H16N2Si. The van der Waals surface area contributed by atoms with Crippen molar-refractivity contribution in [1.29, 1.82) is 5.26 Å². The fourth-order valence-corrected chi connectivity index (χ4v) is 2.40. The highest BCUT2D eigenvalue weighted by atomic mass is 28.3. The molecule has 2 nitrogen and oxygen atoms in total. The molecule has 0 atom stereocenters. The van der Waals surface area contributed by atoms with Gasteiger partial charge in [-0.15, -0.1) is 0 Å². The minimum Gasteiger partial charge on any atom is -0.312 e. The van der Waals surface area contributed by atoms with E-state index in [1.807, 2.05) is 0 Å². The third kappa shape index (κ3) is 2.99. The first kappa shape index (κ1) is 9.67. The molecule has 0 saturated heterocycles. The number of hydrogen-bond donors (Lipinski definition) is 0. The van der Waals surface area contributed by atoms with Crippen LogP contribution in [-0.2, 0) is 0 Å². The second kappa shape index (κ2) is 3.74. The van der Waals surface area contributed by atoms with Crippen molar-refractivity contribution in [2.24, 2.45) is 0 Å². The second-order valence-electron chi connectivity index (χ2n) is 3.34. The summed E-state index contributed by atoms with van der Waals surface area (Å²) in [5.41, 5.74) is 0. The standard InChI is InChI=1S/C7H16N2Si/c1-5-9(7-6-8)10(2,3)4/h5,7H2,1-4H3. The SMILES string of the molecule is CCN(CC#N)[Si](C)(C)C. The molecule has 0 rings (SSSR count). The molecule has 0 saturated carbocycles. The van der Waals surface area contributed by atoms with Crippen LogP contribution < -0.4 is 0 Å². The third-order valence-corrected chi connectivity index (χ3v) is 3.96. The van der Waals surface area contributed by atoms with Crippen molar-refractivity contribution < 1.29 is 0 Å². The summed E-state index contributed by atoms with van der Waals surface area (Å²) in [7, 11) is -1.20. The van der Waals surface area contributed by atoms with E-state index in [4.69, 9.17) is 5.26 Å². The molecule has 0 amide bonds. The van der Waals surface area contributed by atoms with Gasteiger partial charge in [0, 0.05) is 0 Å². The van der Waals surface area contributed by atoms with Gasteiger partial charge in [0.05, 0.1) is 12.6 Å². The van der Waals surface area contributed by atoms with Crippen LogP contribution in [0.2, 0.25) is 19.6 Å². The molecule has 0 bridgehead atoms. The smallest absolute Gasteiger partial charge is 0.120 e. The van der Waals surface area contributed by atoms with Gasteiger partial charge in [0.15, 0.2) is 0 Å². The zero-order valence-corrected chi connectivity index (χ0v) is 8.31. The van der Waals surface area contributed by atoms with Gasteiger partial charge < -0.3 is 4.57 Å². The number of nitrogens with zero attached hydrogens (tertiary/aromatic N) is 2. The van der Waals surface area contributed by atoms with Gasteiger partial charge in [0.1, 0.15) is 8.24 Å². The topological polar surface area (TPSA) is 27.0 Å². The quantitative estimate of drug-likeness (QED) is 0.459. The van der Waals surface area contributed by atoms with Gasteiger partial charge in [-0.2, -0.15) is 5.26 Å². The van der Waals surface area contributed by atoms with E-state index < -0.39 is 8.24 Å². The Morgan fingerprint density at radius 3 is 2.00 bits per heavy atom. The van der Waals surface area contributed by atoms with Crippen molar-refractivity contribution >= 4 is 8.24 Å². The highest BCUT2D eigenvalue weighted by Crippen LogP contribution is 2.06. The van der Waals surface area contributed by atoms with Gasteiger partial charge in [0.25, 0.3) is 0 Å². The Labute approximate surface area is 64.5 Å². The molecule has 0 heterocycles. The summed E-state index contributed by atoms with van der Waals surface area (Å²) >= 11 is 0. The molecule has 0 fully saturated rings. The summed E-state index contributed by atoms with van der Waals surface area (Å²) in [4.78, 5) is 0. The zero-order valence-electron chi connectivity index (χ0n) is 7.31. The summed E-state index contributed by atoms with van der Waals surface area (Å²) in [6, 6.07) is 2.19. The van der Waals surface area contributed by atoms with E-state index in [2.05, 4.69) is 37.2 Å². The van der Waals surface area contributed by atoms with E-state index in [1.54, 1.807) is 0 Å². The number of hydrogen-bond acceptors (Lipinski definition) is 2. The highest BCUT2D eigenvalue weighted by Gasteiger charge is 2.21. The lowest BCUT2D eigenvalue weighted by Gasteiger charge is -2.30. The van der Waals surface area contributed by atoms with Gasteiger partial charge in [0.2, 0.25) is 0 Å². The molecule has 0 unspecified atom stereocenters. The predicted octanol–water partition coefficient (Wildman–Crippen LogP) is 1.67. The molecule has 0 aromatic rings. The lowest BCUT2D eigenvalue weighted by Crippen LogP contribution is -2.45. The maximum absolute atomic E-state index is 8.46. The van der Waals surface area contributed by atoms with E-state index in [1.165, 1.54) is 0 Å². The van der Waals surface area contributed by atoms with Crippen LogP contribution in [0.1, 0.15) is 6.92 Å². The molecule has 0 N–H and O–H groups in total. The van der Waals surface area contributed by atoms with Crippen LogP contribution >= 0.6 is 0 Å². The Bertz CT molecular complexity index is 132. The van der Waals surface area contributed by atoms with E-state index in [9.17, 15) is 0 Å². The van der Waals surface area contributed by atoms with Gasteiger partial charge >= 0.3 is 0 Å². The van der Waals surface area contributed by atoms with Gasteiger partial charge in [-0.25, -0.2) is 0 Å². The van der Waals surface area contributed by atoms with Gasteiger partial charge in [-0.1, -0.05) is 26.6 Å². The Morgan fingerprint density at radius 1 is 1.40 bits per heavy atom. The number of nitriles is 1. The molecule has 0 aromatic heterocycles. The monoisotopic (exact) mass is 156 g/mol. The maximum Gasteiger partial charge on any atom is 0.120 e. The van der Waals surface area contributed by atoms with E-state index in [-0.39, 0.29) is 0 Å². The van der Waals surface area contributed by atoms with Crippen LogP contribution in [0.3, 0.4) is 0 Å². The summed E-state index contributed by atoms with van der Waals surface area (Å²) in [6.07, 6.45) is 0. The fourth-order valence-electron chi connectivity index (χ4n) is 0.909. The van der Waals surface area contributed by atoms with Gasteiger partial charge in [-0.3, -0.25) is 0 Å². The minimum absolute atomic E-state index is 0.590. The lowest BCUT2D eigenvalue weighted by atomic mass is 10.6. The summed E-state index contributed by atoms with van der Waals surface area (Å²) in [6.45, 7) is 10.5. The normalized spacial score (nSPS) is 11.6. The molecule has 0 spiro atoms. The van der Waals surface area contributed by atoms with Crippen molar-refractivity contribution in [2.75, 3.05) is 13.1 Å². The largest absolute Gasteiger partial charge is 0.312 e. The van der Waals surface area contributed by atoms with Crippen LogP contribution in [0.25, 0.3) is 0 Å². The Balaban J connectivity index is 3.97. The van der Waals surface area contributed by atoms with Crippen molar-refractivity contribution in [1.82, 2.24) is 4.57 Å². The lowest BCUT2D eigenvalue weighted by molar-refractivity contribution is 0.498. The van der Waals surface area contributed by atoms with Crippen molar-refractivity contribution in [2.45, 2.75) is 26.6 Å². The molecule has 0 aliphatic carbocycles. The average molecular weight is 156 g/mol. The summed E-state index contributed by atoms with van der Waals surface area (Å²) < 4.78 is 2.27.